The van der Waals surface area contributed by atoms with Crippen LogP contribution in [0, 0.1) is 0 Å². The number of carbonyl (C=O) groups excluding carboxylic acids is 1. The molecule has 0 aliphatic rings. The lowest BCUT2D eigenvalue weighted by atomic mass is 9.90. The third-order valence-electron chi connectivity index (χ3n) is 3.52. The largest absolute Gasteiger partial charge is 0.467 e. The second kappa shape index (κ2) is 6.10. The van der Waals surface area contributed by atoms with Crippen molar-refractivity contribution in [2.24, 2.45) is 5.73 Å². The van der Waals surface area contributed by atoms with Crippen LogP contribution in [0.4, 0.5) is 0 Å². The standard InChI is InChI=1S/C16H21N3O2/c1-12(2)14-18-9-10-19(14)11-16(17,15(20)21-3)13-7-5-4-6-8-13/h4-10,12H,11,17H2,1-3H3. The van der Waals surface area contributed by atoms with Gasteiger partial charge >= 0.3 is 5.97 Å². The van der Waals surface area contributed by atoms with Gasteiger partial charge in [-0.2, -0.15) is 0 Å². The monoisotopic (exact) mass is 287 g/mol. The summed E-state index contributed by atoms with van der Waals surface area (Å²) in [5.74, 6) is 0.680. The third kappa shape index (κ3) is 2.97. The molecule has 1 aromatic heterocycles. The van der Waals surface area contributed by atoms with E-state index in [4.69, 9.17) is 10.5 Å². The molecule has 0 spiro atoms. The Balaban J connectivity index is 2.42. The average Bonchev–Trinajstić information content (AvgIpc) is 2.95. The first kappa shape index (κ1) is 15.3. The zero-order valence-corrected chi connectivity index (χ0v) is 12.6. The van der Waals surface area contributed by atoms with E-state index in [9.17, 15) is 4.79 Å². The summed E-state index contributed by atoms with van der Waals surface area (Å²) in [5.41, 5.74) is 5.90. The lowest BCUT2D eigenvalue weighted by molar-refractivity contribution is -0.148. The van der Waals surface area contributed by atoms with E-state index in [1.807, 2.05) is 41.1 Å². The SMILES string of the molecule is COC(=O)C(N)(Cn1ccnc1C(C)C)c1ccccc1. The summed E-state index contributed by atoms with van der Waals surface area (Å²) in [7, 11) is 1.35. The van der Waals surface area contributed by atoms with Crippen LogP contribution in [0.5, 0.6) is 0 Å². The minimum absolute atomic E-state index is 0.248. The summed E-state index contributed by atoms with van der Waals surface area (Å²) in [4.78, 5) is 16.6. The fraction of sp³-hybridized carbons (Fsp3) is 0.375. The topological polar surface area (TPSA) is 70.1 Å². The molecule has 0 saturated carbocycles. The molecule has 0 amide bonds. The van der Waals surface area contributed by atoms with Gasteiger partial charge in [0.2, 0.25) is 0 Å². The van der Waals surface area contributed by atoms with E-state index < -0.39 is 11.5 Å². The summed E-state index contributed by atoms with van der Waals surface area (Å²) < 4.78 is 6.83. The number of rotatable bonds is 5. The molecule has 0 fully saturated rings. The molecule has 2 N–H and O–H groups in total. The van der Waals surface area contributed by atoms with E-state index in [-0.39, 0.29) is 12.5 Å². The Labute approximate surface area is 124 Å². The van der Waals surface area contributed by atoms with Crippen molar-refractivity contribution in [3.05, 3.63) is 54.1 Å². The maximum atomic E-state index is 12.3. The summed E-state index contributed by atoms with van der Waals surface area (Å²) in [5, 5.41) is 0. The van der Waals surface area contributed by atoms with Gasteiger partial charge < -0.3 is 15.0 Å². The molecule has 5 heteroatoms. The molecule has 0 aliphatic carbocycles. The van der Waals surface area contributed by atoms with E-state index in [1.54, 1.807) is 6.20 Å². The highest BCUT2D eigenvalue weighted by molar-refractivity contribution is 5.82. The van der Waals surface area contributed by atoms with Crippen molar-refractivity contribution in [3.63, 3.8) is 0 Å². The van der Waals surface area contributed by atoms with E-state index in [2.05, 4.69) is 18.8 Å². The van der Waals surface area contributed by atoms with Crippen molar-refractivity contribution in [1.29, 1.82) is 0 Å². The fourth-order valence-corrected chi connectivity index (χ4v) is 2.42. The highest BCUT2D eigenvalue weighted by Crippen LogP contribution is 2.24. The molecule has 0 saturated heterocycles. The lowest BCUT2D eigenvalue weighted by Gasteiger charge is -2.28. The van der Waals surface area contributed by atoms with E-state index in [0.717, 1.165) is 11.4 Å². The highest BCUT2D eigenvalue weighted by Gasteiger charge is 2.38. The van der Waals surface area contributed by atoms with Crippen LogP contribution >= 0.6 is 0 Å². The van der Waals surface area contributed by atoms with Crippen molar-refractivity contribution in [3.8, 4) is 0 Å². The number of hydrogen-bond donors (Lipinski definition) is 1. The number of nitrogens with zero attached hydrogens (tertiary/aromatic N) is 2. The van der Waals surface area contributed by atoms with Crippen LogP contribution in [0.15, 0.2) is 42.7 Å². The van der Waals surface area contributed by atoms with E-state index in [0.29, 0.717) is 0 Å². The van der Waals surface area contributed by atoms with Crippen LogP contribution in [-0.2, 0) is 21.6 Å². The van der Waals surface area contributed by atoms with Crippen LogP contribution in [0.1, 0.15) is 31.2 Å². The molecular weight excluding hydrogens is 266 g/mol. The zero-order valence-electron chi connectivity index (χ0n) is 12.6. The molecule has 0 aliphatic heterocycles. The van der Waals surface area contributed by atoms with E-state index in [1.165, 1.54) is 7.11 Å². The number of esters is 1. The Kier molecular flexibility index (Phi) is 4.43. The van der Waals surface area contributed by atoms with Crippen LogP contribution in [0.25, 0.3) is 0 Å². The quantitative estimate of drug-likeness (QED) is 0.854. The molecule has 1 unspecified atom stereocenters. The molecule has 2 aromatic rings. The average molecular weight is 287 g/mol. The lowest BCUT2D eigenvalue weighted by Crippen LogP contribution is -2.49. The van der Waals surface area contributed by atoms with Gasteiger partial charge in [0.15, 0.2) is 5.54 Å². The van der Waals surface area contributed by atoms with Crippen LogP contribution in [0.2, 0.25) is 0 Å². The molecule has 1 heterocycles. The van der Waals surface area contributed by atoms with Crippen LogP contribution in [-0.4, -0.2) is 22.6 Å². The van der Waals surface area contributed by atoms with Gasteiger partial charge in [-0.05, 0) is 5.56 Å². The molecular formula is C16H21N3O2. The normalized spacial score (nSPS) is 14.0. The summed E-state index contributed by atoms with van der Waals surface area (Å²) in [6.07, 6.45) is 3.56. The zero-order chi connectivity index (χ0) is 15.5. The van der Waals surface area contributed by atoms with Gasteiger partial charge in [0.05, 0.1) is 13.7 Å². The molecule has 5 nitrogen and oxygen atoms in total. The number of benzene rings is 1. The Morgan fingerprint density at radius 1 is 1.38 bits per heavy atom. The van der Waals surface area contributed by atoms with Gasteiger partial charge in [-0.15, -0.1) is 0 Å². The van der Waals surface area contributed by atoms with Crippen molar-refractivity contribution in [2.75, 3.05) is 7.11 Å². The predicted molar refractivity (Wildman–Crippen MR) is 80.6 cm³/mol. The second-order valence-electron chi connectivity index (χ2n) is 5.40. The Morgan fingerprint density at radius 2 is 2.05 bits per heavy atom. The molecule has 112 valence electrons. The molecule has 0 radical (unpaired) electrons. The second-order valence-corrected chi connectivity index (χ2v) is 5.40. The maximum Gasteiger partial charge on any atom is 0.332 e. The number of ether oxygens (including phenoxy) is 1. The third-order valence-corrected chi connectivity index (χ3v) is 3.52. The molecule has 2 rings (SSSR count). The summed E-state index contributed by atoms with van der Waals surface area (Å²) in [6, 6.07) is 9.28. The van der Waals surface area contributed by atoms with E-state index >= 15 is 0 Å². The van der Waals surface area contributed by atoms with Gasteiger partial charge in [-0.1, -0.05) is 44.2 Å². The number of hydrogen-bond acceptors (Lipinski definition) is 4. The maximum absolute atomic E-state index is 12.3. The number of aromatic nitrogens is 2. The summed E-state index contributed by atoms with van der Waals surface area (Å²) >= 11 is 0. The number of methoxy groups -OCH3 is 1. The highest BCUT2D eigenvalue weighted by atomic mass is 16.5. The predicted octanol–water partition coefficient (Wildman–Crippen LogP) is 2.03. The Bertz CT molecular complexity index is 607. The van der Waals surface area contributed by atoms with Gasteiger partial charge in [-0.25, -0.2) is 9.78 Å². The number of imidazole rings is 1. The van der Waals surface area contributed by atoms with Crippen LogP contribution < -0.4 is 5.73 Å². The van der Waals surface area contributed by atoms with Gasteiger partial charge in [0, 0.05) is 18.3 Å². The first-order valence-electron chi connectivity index (χ1n) is 6.93. The van der Waals surface area contributed by atoms with Crippen molar-refractivity contribution in [2.45, 2.75) is 31.8 Å². The molecule has 1 atom stereocenters. The molecule has 1 aromatic carbocycles. The smallest absolute Gasteiger partial charge is 0.332 e. The van der Waals surface area contributed by atoms with Gasteiger partial charge in [0.1, 0.15) is 5.82 Å². The van der Waals surface area contributed by atoms with Crippen molar-refractivity contribution in [1.82, 2.24) is 9.55 Å². The summed E-state index contributed by atoms with van der Waals surface area (Å²) in [6.45, 7) is 4.40. The van der Waals surface area contributed by atoms with Crippen molar-refractivity contribution >= 4 is 5.97 Å². The minimum Gasteiger partial charge on any atom is -0.467 e. The number of nitrogens with two attached hydrogens (primary N) is 1. The number of carbonyl (C=O) groups is 1. The van der Waals surface area contributed by atoms with Gasteiger partial charge in [-0.3, -0.25) is 0 Å². The molecule has 21 heavy (non-hydrogen) atoms. The Hall–Kier alpha value is -2.14. The fourth-order valence-electron chi connectivity index (χ4n) is 2.42. The minimum atomic E-state index is -1.24. The Morgan fingerprint density at radius 3 is 2.62 bits per heavy atom. The first-order chi connectivity index (χ1) is 9.99. The van der Waals surface area contributed by atoms with Crippen molar-refractivity contribution < 1.29 is 9.53 Å². The molecule has 0 bridgehead atoms. The van der Waals surface area contributed by atoms with Crippen LogP contribution in [0.3, 0.4) is 0 Å². The van der Waals surface area contributed by atoms with Gasteiger partial charge in [0.25, 0.3) is 0 Å². The first-order valence-corrected chi connectivity index (χ1v) is 6.93.